The van der Waals surface area contributed by atoms with Crippen LogP contribution >= 0.6 is 0 Å². The molecule has 0 fully saturated rings. The summed E-state index contributed by atoms with van der Waals surface area (Å²) in [5.74, 6) is -3.02. The van der Waals surface area contributed by atoms with Gasteiger partial charge >= 0.3 is 0 Å². The molecule has 0 bridgehead atoms. The van der Waals surface area contributed by atoms with Crippen molar-refractivity contribution >= 4 is 6.08 Å². The lowest BCUT2D eigenvalue weighted by Gasteiger charge is -2.00. The summed E-state index contributed by atoms with van der Waals surface area (Å²) in [6, 6.07) is 1.30. The van der Waals surface area contributed by atoms with Crippen LogP contribution in [0.2, 0.25) is 0 Å². The first-order valence-electron chi connectivity index (χ1n) is 4.57. The van der Waals surface area contributed by atoms with Gasteiger partial charge in [-0.05, 0) is 19.4 Å². The Bertz CT molecular complexity index is 372. The van der Waals surface area contributed by atoms with Crippen LogP contribution in [0.1, 0.15) is 18.9 Å². The predicted molar refractivity (Wildman–Crippen MR) is 53.6 cm³/mol. The third kappa shape index (κ3) is 3.40. The van der Waals surface area contributed by atoms with Crippen molar-refractivity contribution in [2.75, 3.05) is 0 Å². The Morgan fingerprint density at radius 3 is 2.40 bits per heavy atom. The van der Waals surface area contributed by atoms with E-state index in [1.165, 1.54) is 6.08 Å². The summed E-state index contributed by atoms with van der Waals surface area (Å²) in [5.41, 5.74) is 5.49. The Balaban J connectivity index is 2.86. The average molecular weight is 215 g/mol. The number of hydrogen-bond acceptors (Lipinski definition) is 1. The molecule has 1 aromatic carbocycles. The van der Waals surface area contributed by atoms with Gasteiger partial charge in [-0.1, -0.05) is 12.2 Å². The first-order valence-corrected chi connectivity index (χ1v) is 4.57. The highest BCUT2D eigenvalue weighted by molar-refractivity contribution is 5.50. The minimum absolute atomic E-state index is 0.0227. The quantitative estimate of drug-likeness (QED) is 0.771. The maximum Gasteiger partial charge on any atom is 0.161 e. The molecule has 82 valence electrons. The minimum atomic E-state index is -1.18. The van der Waals surface area contributed by atoms with Crippen LogP contribution in [0.5, 0.6) is 0 Å². The molecule has 1 unspecified atom stereocenters. The second-order valence-corrected chi connectivity index (χ2v) is 3.40. The number of halogens is 3. The fraction of sp³-hybridized carbons (Fsp3) is 0.273. The molecule has 0 saturated heterocycles. The van der Waals surface area contributed by atoms with E-state index in [1.54, 1.807) is 13.0 Å². The molecular formula is C11H12F3N. The van der Waals surface area contributed by atoms with Gasteiger partial charge in [0.05, 0.1) is 0 Å². The Morgan fingerprint density at radius 1 is 1.20 bits per heavy atom. The Hall–Kier alpha value is -1.29. The zero-order valence-electron chi connectivity index (χ0n) is 8.31. The molecular weight excluding hydrogens is 203 g/mol. The van der Waals surface area contributed by atoms with Crippen LogP contribution in [0.4, 0.5) is 13.2 Å². The highest BCUT2D eigenvalue weighted by Crippen LogP contribution is 2.15. The van der Waals surface area contributed by atoms with Gasteiger partial charge in [-0.15, -0.1) is 0 Å². The second kappa shape index (κ2) is 4.98. The van der Waals surface area contributed by atoms with E-state index in [9.17, 15) is 13.2 Å². The van der Waals surface area contributed by atoms with Crippen LogP contribution in [-0.2, 0) is 0 Å². The van der Waals surface area contributed by atoms with Gasteiger partial charge in [-0.2, -0.15) is 0 Å². The van der Waals surface area contributed by atoms with Crippen LogP contribution in [-0.4, -0.2) is 6.04 Å². The molecule has 0 aliphatic rings. The molecule has 0 radical (unpaired) electrons. The molecule has 1 atom stereocenters. The number of nitrogens with two attached hydrogens (primary N) is 1. The van der Waals surface area contributed by atoms with Crippen molar-refractivity contribution in [2.24, 2.45) is 5.73 Å². The molecule has 4 heteroatoms. The third-order valence-electron chi connectivity index (χ3n) is 1.84. The Morgan fingerprint density at radius 2 is 1.80 bits per heavy atom. The Kier molecular flexibility index (Phi) is 3.91. The van der Waals surface area contributed by atoms with Gasteiger partial charge in [0.1, 0.15) is 5.82 Å². The number of rotatable bonds is 3. The van der Waals surface area contributed by atoms with Crippen molar-refractivity contribution in [2.45, 2.75) is 19.4 Å². The van der Waals surface area contributed by atoms with Gasteiger partial charge in [-0.3, -0.25) is 0 Å². The lowest BCUT2D eigenvalue weighted by atomic mass is 10.1. The molecule has 1 rings (SSSR count). The lowest BCUT2D eigenvalue weighted by Crippen LogP contribution is -2.12. The summed E-state index contributed by atoms with van der Waals surface area (Å²) in [4.78, 5) is 0. The van der Waals surface area contributed by atoms with E-state index in [0.717, 1.165) is 6.07 Å². The van der Waals surface area contributed by atoms with Gasteiger partial charge < -0.3 is 5.73 Å². The first-order chi connectivity index (χ1) is 7.00. The molecule has 15 heavy (non-hydrogen) atoms. The molecule has 1 aromatic rings. The zero-order chi connectivity index (χ0) is 11.4. The zero-order valence-corrected chi connectivity index (χ0v) is 8.31. The normalized spacial score (nSPS) is 13.4. The van der Waals surface area contributed by atoms with Crippen molar-refractivity contribution < 1.29 is 13.2 Å². The molecule has 0 aromatic heterocycles. The van der Waals surface area contributed by atoms with Gasteiger partial charge in [0.15, 0.2) is 11.6 Å². The maximum absolute atomic E-state index is 13.1. The molecule has 0 aliphatic carbocycles. The van der Waals surface area contributed by atoms with Crippen LogP contribution in [0.15, 0.2) is 18.2 Å². The highest BCUT2D eigenvalue weighted by Gasteiger charge is 2.07. The molecule has 2 N–H and O–H groups in total. The summed E-state index contributed by atoms with van der Waals surface area (Å²) >= 11 is 0. The number of benzene rings is 1. The lowest BCUT2D eigenvalue weighted by molar-refractivity contribution is 0.494. The van der Waals surface area contributed by atoms with E-state index in [4.69, 9.17) is 5.73 Å². The molecule has 0 spiro atoms. The van der Waals surface area contributed by atoms with Gasteiger partial charge in [0.2, 0.25) is 0 Å². The van der Waals surface area contributed by atoms with E-state index in [2.05, 4.69) is 0 Å². The fourth-order valence-corrected chi connectivity index (χ4v) is 1.08. The summed E-state index contributed by atoms with van der Waals surface area (Å²) in [6.07, 6.45) is 3.57. The molecule has 0 amide bonds. The third-order valence-corrected chi connectivity index (χ3v) is 1.84. The van der Waals surface area contributed by atoms with E-state index < -0.39 is 17.5 Å². The van der Waals surface area contributed by atoms with Gasteiger partial charge in [0, 0.05) is 17.7 Å². The molecule has 0 aliphatic heterocycles. The highest BCUT2D eigenvalue weighted by atomic mass is 19.2. The summed E-state index contributed by atoms with van der Waals surface area (Å²) in [6.45, 7) is 1.80. The van der Waals surface area contributed by atoms with E-state index >= 15 is 0 Å². The van der Waals surface area contributed by atoms with Crippen LogP contribution in [0.25, 0.3) is 6.08 Å². The first kappa shape index (κ1) is 11.8. The van der Waals surface area contributed by atoms with Gasteiger partial charge in [0.25, 0.3) is 0 Å². The van der Waals surface area contributed by atoms with Crippen molar-refractivity contribution in [3.05, 3.63) is 41.2 Å². The number of hydrogen-bond donors (Lipinski definition) is 1. The SMILES string of the molecule is CC(N)CC=Cc1cc(F)c(F)cc1F. The van der Waals surface area contributed by atoms with Crippen molar-refractivity contribution in [3.8, 4) is 0 Å². The summed E-state index contributed by atoms with van der Waals surface area (Å²) < 4.78 is 38.4. The average Bonchev–Trinajstić information content (AvgIpc) is 2.13. The van der Waals surface area contributed by atoms with E-state index in [1.807, 2.05) is 0 Å². The monoisotopic (exact) mass is 215 g/mol. The smallest absolute Gasteiger partial charge is 0.161 e. The largest absolute Gasteiger partial charge is 0.328 e. The molecule has 0 saturated carbocycles. The van der Waals surface area contributed by atoms with Gasteiger partial charge in [-0.25, -0.2) is 13.2 Å². The predicted octanol–water partition coefficient (Wildman–Crippen LogP) is 2.85. The maximum atomic E-state index is 13.1. The van der Waals surface area contributed by atoms with Crippen molar-refractivity contribution in [3.63, 3.8) is 0 Å². The van der Waals surface area contributed by atoms with Crippen molar-refractivity contribution in [1.29, 1.82) is 0 Å². The van der Waals surface area contributed by atoms with Crippen LogP contribution < -0.4 is 5.73 Å². The Labute approximate surface area is 86.4 Å². The van der Waals surface area contributed by atoms with Crippen LogP contribution in [0.3, 0.4) is 0 Å². The molecule has 1 nitrogen and oxygen atoms in total. The topological polar surface area (TPSA) is 26.0 Å². The second-order valence-electron chi connectivity index (χ2n) is 3.40. The standard InChI is InChI=1S/C11H12F3N/c1-7(15)3-2-4-8-5-10(13)11(14)6-9(8)12/h2,4-7H,3,15H2,1H3. The van der Waals surface area contributed by atoms with Crippen molar-refractivity contribution in [1.82, 2.24) is 0 Å². The van der Waals surface area contributed by atoms with E-state index in [0.29, 0.717) is 12.5 Å². The fourth-order valence-electron chi connectivity index (χ4n) is 1.08. The summed E-state index contributed by atoms with van der Waals surface area (Å²) in [7, 11) is 0. The minimum Gasteiger partial charge on any atom is -0.328 e. The molecule has 0 heterocycles. The summed E-state index contributed by atoms with van der Waals surface area (Å²) in [5, 5.41) is 0. The van der Waals surface area contributed by atoms with Crippen LogP contribution in [0, 0.1) is 17.5 Å². The van der Waals surface area contributed by atoms with E-state index in [-0.39, 0.29) is 11.6 Å².